The van der Waals surface area contributed by atoms with Gasteiger partial charge in [0.2, 0.25) is 0 Å². The maximum absolute atomic E-state index is 11.7. The standard InChI is InChI=1S/C20H38N4O8/c1-29-17(25)13-15(19(27)31-3)23-9-5-7-21-11-12-22-8-6-10-24-16(20(28)32-4)14-18(26)30-2/h15-16,21-24H,5-14H2,1-4H3. The molecular formula is C20H38N4O8. The van der Waals surface area contributed by atoms with Crippen LogP contribution in [-0.2, 0) is 38.1 Å². The Labute approximate surface area is 189 Å². The third-order valence-electron chi connectivity index (χ3n) is 4.49. The molecule has 2 atom stereocenters. The van der Waals surface area contributed by atoms with Crippen molar-refractivity contribution < 1.29 is 38.1 Å². The van der Waals surface area contributed by atoms with Crippen LogP contribution in [0.25, 0.3) is 0 Å². The zero-order valence-electron chi connectivity index (χ0n) is 19.5. The van der Waals surface area contributed by atoms with E-state index in [-0.39, 0.29) is 12.8 Å². The summed E-state index contributed by atoms with van der Waals surface area (Å²) in [5.41, 5.74) is 0. The zero-order valence-corrected chi connectivity index (χ0v) is 19.5. The molecule has 0 rings (SSSR count). The molecule has 0 aromatic heterocycles. The molecule has 0 spiro atoms. The highest BCUT2D eigenvalue weighted by Gasteiger charge is 2.23. The lowest BCUT2D eigenvalue weighted by Crippen LogP contribution is -2.41. The third kappa shape index (κ3) is 14.7. The van der Waals surface area contributed by atoms with Crippen LogP contribution in [0.3, 0.4) is 0 Å². The molecule has 0 fully saturated rings. The van der Waals surface area contributed by atoms with E-state index < -0.39 is 36.0 Å². The van der Waals surface area contributed by atoms with Crippen LogP contribution in [0.4, 0.5) is 0 Å². The Bertz CT molecular complexity index is 514. The first-order valence-corrected chi connectivity index (χ1v) is 10.6. The number of esters is 4. The molecule has 0 aromatic carbocycles. The van der Waals surface area contributed by atoms with Crippen molar-refractivity contribution in [2.75, 3.05) is 67.7 Å². The molecule has 12 heteroatoms. The van der Waals surface area contributed by atoms with Crippen LogP contribution in [0.2, 0.25) is 0 Å². The van der Waals surface area contributed by atoms with Gasteiger partial charge < -0.3 is 40.2 Å². The lowest BCUT2D eigenvalue weighted by Gasteiger charge is -2.15. The van der Waals surface area contributed by atoms with E-state index in [9.17, 15) is 19.2 Å². The second-order valence-electron chi connectivity index (χ2n) is 6.83. The van der Waals surface area contributed by atoms with Gasteiger partial charge in [0.25, 0.3) is 0 Å². The summed E-state index contributed by atoms with van der Waals surface area (Å²) in [6, 6.07) is -1.43. The molecule has 4 N–H and O–H groups in total. The number of rotatable bonds is 19. The molecule has 32 heavy (non-hydrogen) atoms. The Kier molecular flexibility index (Phi) is 18.0. The van der Waals surface area contributed by atoms with Crippen LogP contribution in [0, 0.1) is 0 Å². The largest absolute Gasteiger partial charge is 0.469 e. The van der Waals surface area contributed by atoms with Gasteiger partial charge in [-0.3, -0.25) is 19.2 Å². The van der Waals surface area contributed by atoms with E-state index in [2.05, 4.69) is 40.2 Å². The fourth-order valence-electron chi connectivity index (χ4n) is 2.67. The van der Waals surface area contributed by atoms with Gasteiger partial charge >= 0.3 is 23.9 Å². The minimum atomic E-state index is -0.714. The molecule has 0 heterocycles. The highest BCUT2D eigenvalue weighted by atomic mass is 16.5. The molecule has 0 aliphatic carbocycles. The summed E-state index contributed by atoms with van der Waals surface area (Å²) in [4.78, 5) is 46.0. The lowest BCUT2D eigenvalue weighted by molar-refractivity contribution is -0.149. The van der Waals surface area contributed by atoms with Crippen molar-refractivity contribution in [1.82, 2.24) is 21.3 Å². The molecule has 0 amide bonds. The van der Waals surface area contributed by atoms with Gasteiger partial charge in [0.05, 0.1) is 41.3 Å². The normalized spacial score (nSPS) is 12.5. The van der Waals surface area contributed by atoms with Crippen LogP contribution < -0.4 is 21.3 Å². The molecule has 0 radical (unpaired) electrons. The summed E-state index contributed by atoms with van der Waals surface area (Å²) in [6.45, 7) is 4.13. The van der Waals surface area contributed by atoms with E-state index in [0.29, 0.717) is 13.1 Å². The maximum atomic E-state index is 11.7. The van der Waals surface area contributed by atoms with Gasteiger partial charge in [-0.05, 0) is 39.0 Å². The van der Waals surface area contributed by atoms with Gasteiger partial charge in [-0.25, -0.2) is 0 Å². The molecule has 0 aliphatic heterocycles. The van der Waals surface area contributed by atoms with Crippen LogP contribution in [-0.4, -0.2) is 104 Å². The summed E-state index contributed by atoms with van der Waals surface area (Å²) in [5, 5.41) is 12.5. The molecule has 0 saturated heterocycles. The van der Waals surface area contributed by atoms with Crippen LogP contribution in [0.15, 0.2) is 0 Å². The molecule has 2 unspecified atom stereocenters. The molecule has 0 aromatic rings. The van der Waals surface area contributed by atoms with Crippen molar-refractivity contribution in [2.45, 2.75) is 37.8 Å². The molecule has 186 valence electrons. The fraction of sp³-hybridized carbons (Fsp3) is 0.800. The molecule has 0 aliphatic rings. The Balaban J connectivity index is 3.76. The number of ether oxygens (including phenoxy) is 4. The first kappa shape index (κ1) is 29.7. The molecule has 12 nitrogen and oxygen atoms in total. The first-order valence-electron chi connectivity index (χ1n) is 10.6. The highest BCUT2D eigenvalue weighted by molar-refractivity contribution is 5.83. The Morgan fingerprint density at radius 2 is 0.938 bits per heavy atom. The summed E-state index contributed by atoms with van der Waals surface area (Å²) in [7, 11) is 5.10. The van der Waals surface area contributed by atoms with Gasteiger partial charge in [0.1, 0.15) is 12.1 Å². The lowest BCUT2D eigenvalue weighted by atomic mass is 10.2. The van der Waals surface area contributed by atoms with Crippen molar-refractivity contribution in [2.24, 2.45) is 0 Å². The van der Waals surface area contributed by atoms with Crippen LogP contribution >= 0.6 is 0 Å². The maximum Gasteiger partial charge on any atom is 0.323 e. The van der Waals surface area contributed by atoms with E-state index >= 15 is 0 Å². The van der Waals surface area contributed by atoms with Gasteiger partial charge in [0.15, 0.2) is 0 Å². The van der Waals surface area contributed by atoms with E-state index in [0.717, 1.165) is 39.0 Å². The molecular weight excluding hydrogens is 424 g/mol. The van der Waals surface area contributed by atoms with Crippen molar-refractivity contribution in [3.8, 4) is 0 Å². The monoisotopic (exact) mass is 462 g/mol. The van der Waals surface area contributed by atoms with Gasteiger partial charge in [-0.2, -0.15) is 0 Å². The minimum absolute atomic E-state index is 0.0710. The number of methoxy groups -OCH3 is 4. The number of hydrogen-bond donors (Lipinski definition) is 4. The average Bonchev–Trinajstić information content (AvgIpc) is 2.81. The number of carbonyl (C=O) groups is 4. The summed E-state index contributed by atoms with van der Waals surface area (Å²) in [6.07, 6.45) is 1.40. The molecule has 0 bridgehead atoms. The van der Waals surface area contributed by atoms with Crippen LogP contribution in [0.1, 0.15) is 25.7 Å². The Hall–Kier alpha value is -2.28. The van der Waals surface area contributed by atoms with E-state index in [4.69, 9.17) is 0 Å². The number of nitrogens with one attached hydrogen (secondary N) is 4. The minimum Gasteiger partial charge on any atom is -0.469 e. The highest BCUT2D eigenvalue weighted by Crippen LogP contribution is 1.98. The van der Waals surface area contributed by atoms with Gasteiger partial charge in [-0.15, -0.1) is 0 Å². The number of hydrogen-bond acceptors (Lipinski definition) is 12. The second kappa shape index (κ2) is 19.4. The third-order valence-corrected chi connectivity index (χ3v) is 4.49. The summed E-state index contributed by atoms with van der Waals surface area (Å²) >= 11 is 0. The Morgan fingerprint density at radius 1 is 0.562 bits per heavy atom. The number of carbonyl (C=O) groups excluding carboxylic acids is 4. The topological polar surface area (TPSA) is 153 Å². The Morgan fingerprint density at radius 3 is 1.25 bits per heavy atom. The van der Waals surface area contributed by atoms with E-state index in [1.165, 1.54) is 28.4 Å². The predicted octanol–water partition coefficient (Wildman–Crippen LogP) is -1.67. The van der Waals surface area contributed by atoms with Crippen molar-refractivity contribution >= 4 is 23.9 Å². The SMILES string of the molecule is COC(=O)CC(NCCCNCCNCCCNC(CC(=O)OC)C(=O)OC)C(=O)OC. The zero-order chi connectivity index (χ0) is 24.2. The second-order valence-corrected chi connectivity index (χ2v) is 6.83. The quantitative estimate of drug-likeness (QED) is 0.0986. The van der Waals surface area contributed by atoms with Gasteiger partial charge in [-0.1, -0.05) is 0 Å². The first-order chi connectivity index (χ1) is 15.4. The molecule has 0 saturated carbocycles. The fourth-order valence-corrected chi connectivity index (χ4v) is 2.67. The van der Waals surface area contributed by atoms with Gasteiger partial charge in [0, 0.05) is 13.1 Å². The summed E-state index contributed by atoms with van der Waals surface area (Å²) in [5.74, 6) is -1.94. The summed E-state index contributed by atoms with van der Waals surface area (Å²) < 4.78 is 18.5. The van der Waals surface area contributed by atoms with Crippen LogP contribution in [0.5, 0.6) is 0 Å². The predicted molar refractivity (Wildman–Crippen MR) is 116 cm³/mol. The van der Waals surface area contributed by atoms with Crippen molar-refractivity contribution in [3.63, 3.8) is 0 Å². The van der Waals surface area contributed by atoms with E-state index in [1.54, 1.807) is 0 Å². The van der Waals surface area contributed by atoms with Crippen molar-refractivity contribution in [1.29, 1.82) is 0 Å². The average molecular weight is 463 g/mol. The van der Waals surface area contributed by atoms with Crippen molar-refractivity contribution in [3.05, 3.63) is 0 Å². The smallest absolute Gasteiger partial charge is 0.323 e. The van der Waals surface area contributed by atoms with E-state index in [1.807, 2.05) is 0 Å².